The molecule has 1 aromatic carbocycles. The smallest absolute Gasteiger partial charge is 0.356 e. The number of carbonyl (C=O) groups is 2. The molecule has 2 rings (SSSR count). The predicted molar refractivity (Wildman–Crippen MR) is 85.9 cm³/mol. The van der Waals surface area contributed by atoms with Crippen LogP contribution in [0.25, 0.3) is 0 Å². The average molecular weight is 325 g/mol. The van der Waals surface area contributed by atoms with Crippen molar-refractivity contribution in [3.05, 3.63) is 58.9 Å². The van der Waals surface area contributed by atoms with Crippen molar-refractivity contribution < 1.29 is 23.8 Å². The van der Waals surface area contributed by atoms with Gasteiger partial charge in [-0.25, -0.2) is 14.6 Å². The summed E-state index contributed by atoms with van der Waals surface area (Å²) in [7, 11) is 4.05. The molecular formula is C18H15NO5. The summed E-state index contributed by atoms with van der Waals surface area (Å²) in [6.45, 7) is 0. The van der Waals surface area contributed by atoms with Crippen molar-refractivity contribution in [2.45, 2.75) is 0 Å². The van der Waals surface area contributed by atoms with Gasteiger partial charge in [0.15, 0.2) is 11.4 Å². The molecule has 0 aliphatic carbocycles. The standard InChI is InChI=1S/C18H15NO5/c1-22-14-8-6-12(7-9-14)4-5-13-10-15(17(20)23-2)19-16(11-13)18(21)24-3/h6-11H,1-3H3. The van der Waals surface area contributed by atoms with E-state index in [1.54, 1.807) is 31.4 Å². The molecule has 0 unspecified atom stereocenters. The van der Waals surface area contributed by atoms with E-state index in [1.165, 1.54) is 26.4 Å². The lowest BCUT2D eigenvalue weighted by molar-refractivity contribution is 0.0585. The monoisotopic (exact) mass is 325 g/mol. The van der Waals surface area contributed by atoms with Crippen molar-refractivity contribution in [2.24, 2.45) is 0 Å². The molecule has 0 saturated heterocycles. The minimum absolute atomic E-state index is 0.0144. The van der Waals surface area contributed by atoms with E-state index in [0.29, 0.717) is 5.56 Å². The van der Waals surface area contributed by atoms with E-state index in [9.17, 15) is 9.59 Å². The molecule has 122 valence electrons. The Balaban J connectivity index is 2.39. The first-order chi connectivity index (χ1) is 11.6. The van der Waals surface area contributed by atoms with Gasteiger partial charge in [-0.05, 0) is 36.4 Å². The Morgan fingerprint density at radius 2 is 1.33 bits per heavy atom. The second-order valence-electron chi connectivity index (χ2n) is 4.59. The van der Waals surface area contributed by atoms with Gasteiger partial charge in [-0.15, -0.1) is 0 Å². The number of pyridine rings is 1. The Hall–Kier alpha value is -3.33. The molecule has 6 heteroatoms. The summed E-state index contributed by atoms with van der Waals surface area (Å²) in [5.74, 6) is 5.24. The van der Waals surface area contributed by atoms with E-state index in [2.05, 4.69) is 26.3 Å². The summed E-state index contributed by atoms with van der Waals surface area (Å²) in [4.78, 5) is 27.3. The van der Waals surface area contributed by atoms with Crippen LogP contribution in [0.4, 0.5) is 0 Å². The quantitative estimate of drug-likeness (QED) is 0.635. The number of hydrogen-bond donors (Lipinski definition) is 0. The van der Waals surface area contributed by atoms with E-state index < -0.39 is 11.9 Å². The lowest BCUT2D eigenvalue weighted by atomic mass is 10.1. The Labute approximate surface area is 139 Å². The predicted octanol–water partition coefficient (Wildman–Crippen LogP) is 2.06. The van der Waals surface area contributed by atoms with Crippen LogP contribution in [0.1, 0.15) is 32.1 Å². The van der Waals surface area contributed by atoms with Crippen molar-refractivity contribution in [3.8, 4) is 17.6 Å². The Kier molecular flexibility index (Phi) is 5.53. The van der Waals surface area contributed by atoms with Crippen LogP contribution in [0.2, 0.25) is 0 Å². The zero-order chi connectivity index (χ0) is 17.5. The number of carbonyl (C=O) groups excluding carboxylic acids is 2. The molecule has 0 saturated carbocycles. The van der Waals surface area contributed by atoms with Crippen LogP contribution in [-0.2, 0) is 9.47 Å². The van der Waals surface area contributed by atoms with Crippen molar-refractivity contribution >= 4 is 11.9 Å². The first kappa shape index (κ1) is 17.0. The average Bonchev–Trinajstić information content (AvgIpc) is 2.65. The third-order valence-electron chi connectivity index (χ3n) is 3.06. The first-order valence-corrected chi connectivity index (χ1v) is 6.92. The molecule has 0 fully saturated rings. The lowest BCUT2D eigenvalue weighted by Crippen LogP contribution is -2.11. The molecule has 0 amide bonds. The highest BCUT2D eigenvalue weighted by Gasteiger charge is 2.15. The number of hydrogen-bond acceptors (Lipinski definition) is 6. The summed E-state index contributed by atoms with van der Waals surface area (Å²) in [5, 5.41) is 0. The van der Waals surface area contributed by atoms with Gasteiger partial charge in [-0.3, -0.25) is 0 Å². The zero-order valence-electron chi connectivity index (χ0n) is 13.5. The van der Waals surface area contributed by atoms with Gasteiger partial charge in [0.1, 0.15) is 5.75 Å². The molecule has 6 nitrogen and oxygen atoms in total. The summed E-state index contributed by atoms with van der Waals surface area (Å²) < 4.78 is 14.3. The normalized spacial score (nSPS) is 9.46. The van der Waals surface area contributed by atoms with Gasteiger partial charge in [0.05, 0.1) is 21.3 Å². The van der Waals surface area contributed by atoms with Crippen LogP contribution in [0, 0.1) is 11.8 Å². The van der Waals surface area contributed by atoms with Crippen LogP contribution < -0.4 is 4.74 Å². The minimum atomic E-state index is -0.659. The Morgan fingerprint density at radius 3 is 1.79 bits per heavy atom. The van der Waals surface area contributed by atoms with Crippen LogP contribution >= 0.6 is 0 Å². The maximum Gasteiger partial charge on any atom is 0.356 e. The fraction of sp³-hybridized carbons (Fsp3) is 0.167. The second-order valence-corrected chi connectivity index (χ2v) is 4.59. The topological polar surface area (TPSA) is 74.7 Å². The number of rotatable bonds is 3. The number of ether oxygens (including phenoxy) is 3. The largest absolute Gasteiger partial charge is 0.497 e. The maximum atomic E-state index is 11.7. The Bertz CT molecular complexity index is 781. The molecule has 0 radical (unpaired) electrons. The van der Waals surface area contributed by atoms with Crippen LogP contribution in [0.3, 0.4) is 0 Å². The third-order valence-corrected chi connectivity index (χ3v) is 3.06. The van der Waals surface area contributed by atoms with Gasteiger partial charge in [0, 0.05) is 11.1 Å². The highest BCUT2D eigenvalue weighted by molar-refractivity contribution is 5.92. The van der Waals surface area contributed by atoms with E-state index in [0.717, 1.165) is 11.3 Å². The molecular weight excluding hydrogens is 310 g/mol. The Morgan fingerprint density at radius 1 is 0.833 bits per heavy atom. The number of benzene rings is 1. The molecule has 0 N–H and O–H groups in total. The van der Waals surface area contributed by atoms with Gasteiger partial charge in [-0.2, -0.15) is 0 Å². The van der Waals surface area contributed by atoms with E-state index in [4.69, 9.17) is 4.74 Å². The van der Waals surface area contributed by atoms with Gasteiger partial charge in [0.25, 0.3) is 0 Å². The summed E-state index contributed by atoms with van der Waals surface area (Å²) in [6.07, 6.45) is 0. The maximum absolute atomic E-state index is 11.7. The molecule has 0 aliphatic rings. The molecule has 1 heterocycles. The fourth-order valence-corrected chi connectivity index (χ4v) is 1.84. The summed E-state index contributed by atoms with van der Waals surface area (Å²) in [6, 6.07) is 10.1. The van der Waals surface area contributed by atoms with Crippen molar-refractivity contribution in [1.29, 1.82) is 0 Å². The second kappa shape index (κ2) is 7.79. The summed E-state index contributed by atoms with van der Waals surface area (Å²) in [5.41, 5.74) is 1.17. The van der Waals surface area contributed by atoms with Crippen molar-refractivity contribution in [2.75, 3.05) is 21.3 Å². The minimum Gasteiger partial charge on any atom is -0.497 e. The molecule has 24 heavy (non-hydrogen) atoms. The molecule has 0 spiro atoms. The van der Waals surface area contributed by atoms with Crippen molar-refractivity contribution in [3.63, 3.8) is 0 Å². The van der Waals surface area contributed by atoms with Crippen molar-refractivity contribution in [1.82, 2.24) is 4.98 Å². The number of methoxy groups -OCH3 is 3. The number of esters is 2. The zero-order valence-corrected chi connectivity index (χ0v) is 13.5. The van der Waals surface area contributed by atoms with Gasteiger partial charge >= 0.3 is 11.9 Å². The molecule has 0 aliphatic heterocycles. The van der Waals surface area contributed by atoms with Gasteiger partial charge in [0.2, 0.25) is 0 Å². The highest BCUT2D eigenvalue weighted by atomic mass is 16.5. The summed E-state index contributed by atoms with van der Waals surface area (Å²) >= 11 is 0. The SMILES string of the molecule is COC(=O)c1cc(C#Cc2ccc(OC)cc2)cc(C(=O)OC)n1. The lowest BCUT2D eigenvalue weighted by Gasteiger charge is -2.03. The van der Waals surface area contributed by atoms with E-state index in [1.807, 2.05) is 0 Å². The number of nitrogens with zero attached hydrogens (tertiary/aromatic N) is 1. The van der Waals surface area contributed by atoms with Crippen LogP contribution in [-0.4, -0.2) is 38.3 Å². The molecule has 2 aromatic rings. The third kappa shape index (κ3) is 4.11. The molecule has 0 atom stereocenters. The first-order valence-electron chi connectivity index (χ1n) is 6.92. The van der Waals surface area contributed by atoms with Gasteiger partial charge in [-0.1, -0.05) is 11.8 Å². The van der Waals surface area contributed by atoms with E-state index in [-0.39, 0.29) is 11.4 Å². The van der Waals surface area contributed by atoms with Crippen LogP contribution in [0.5, 0.6) is 5.75 Å². The molecule has 0 bridgehead atoms. The van der Waals surface area contributed by atoms with E-state index >= 15 is 0 Å². The number of aromatic nitrogens is 1. The highest BCUT2D eigenvalue weighted by Crippen LogP contribution is 2.11. The van der Waals surface area contributed by atoms with Gasteiger partial charge < -0.3 is 14.2 Å². The van der Waals surface area contributed by atoms with Crippen LogP contribution in [0.15, 0.2) is 36.4 Å². The fourth-order valence-electron chi connectivity index (χ4n) is 1.84. The molecule has 1 aromatic heterocycles.